The summed E-state index contributed by atoms with van der Waals surface area (Å²) < 4.78 is 5.23. The Hall–Kier alpha value is -3.42. The van der Waals surface area contributed by atoms with E-state index in [4.69, 9.17) is 9.52 Å². The molecule has 1 aromatic carbocycles. The van der Waals surface area contributed by atoms with Crippen molar-refractivity contribution in [3.63, 3.8) is 0 Å². The first-order valence-electron chi connectivity index (χ1n) is 8.69. The molecule has 1 amide bonds. The second-order valence-corrected chi connectivity index (χ2v) is 6.48. The summed E-state index contributed by atoms with van der Waals surface area (Å²) in [5.74, 6) is -0.518. The Morgan fingerprint density at radius 2 is 2.00 bits per heavy atom. The van der Waals surface area contributed by atoms with Crippen molar-refractivity contribution < 1.29 is 19.1 Å². The SMILES string of the molecule is O=C(O)c1cc2cc(NC(=O)C3CCN(c4cnccn4)CC3)ccc2o1. The van der Waals surface area contributed by atoms with Crippen molar-refractivity contribution in [2.45, 2.75) is 12.8 Å². The minimum absolute atomic E-state index is 0.0323. The number of rotatable bonds is 4. The fourth-order valence-electron chi connectivity index (χ4n) is 3.30. The zero-order valence-corrected chi connectivity index (χ0v) is 14.5. The van der Waals surface area contributed by atoms with E-state index in [0.717, 1.165) is 31.7 Å². The molecule has 3 aromatic rings. The van der Waals surface area contributed by atoms with Crippen LogP contribution in [0.15, 0.2) is 47.3 Å². The van der Waals surface area contributed by atoms with Crippen LogP contribution in [0.4, 0.5) is 11.5 Å². The lowest BCUT2D eigenvalue weighted by Crippen LogP contribution is -2.38. The third-order valence-corrected chi connectivity index (χ3v) is 4.73. The highest BCUT2D eigenvalue weighted by atomic mass is 16.4. The fourth-order valence-corrected chi connectivity index (χ4v) is 3.30. The van der Waals surface area contributed by atoms with Crippen LogP contribution in [-0.2, 0) is 4.79 Å². The molecule has 0 unspecified atom stereocenters. The maximum absolute atomic E-state index is 12.6. The van der Waals surface area contributed by atoms with E-state index in [1.807, 2.05) is 0 Å². The Kier molecular flexibility index (Phi) is 4.45. The standard InChI is InChI=1S/C19H18N4O4/c24-18(12-3-7-23(8-4-12)17-11-20-5-6-21-17)22-14-1-2-15-13(9-14)10-16(27-15)19(25)26/h1-2,5-6,9-12H,3-4,7-8H2,(H,22,24)(H,25,26). The van der Waals surface area contributed by atoms with Crippen molar-refractivity contribution >= 4 is 34.4 Å². The summed E-state index contributed by atoms with van der Waals surface area (Å²) in [6, 6.07) is 6.54. The van der Waals surface area contributed by atoms with Crippen LogP contribution in [0.1, 0.15) is 23.4 Å². The van der Waals surface area contributed by atoms with E-state index < -0.39 is 5.97 Å². The van der Waals surface area contributed by atoms with Crippen molar-refractivity contribution in [3.05, 3.63) is 48.6 Å². The van der Waals surface area contributed by atoms with Gasteiger partial charge in [-0.05, 0) is 37.1 Å². The summed E-state index contributed by atoms with van der Waals surface area (Å²) in [5.41, 5.74) is 1.10. The highest BCUT2D eigenvalue weighted by molar-refractivity contribution is 5.96. The van der Waals surface area contributed by atoms with Gasteiger partial charge in [-0.1, -0.05) is 0 Å². The number of carbonyl (C=O) groups excluding carboxylic acids is 1. The molecule has 1 aliphatic heterocycles. The van der Waals surface area contributed by atoms with Crippen LogP contribution in [0.2, 0.25) is 0 Å². The molecule has 1 aliphatic rings. The van der Waals surface area contributed by atoms with Gasteiger partial charge in [0.1, 0.15) is 11.4 Å². The Morgan fingerprint density at radius 1 is 1.19 bits per heavy atom. The number of benzene rings is 1. The molecular weight excluding hydrogens is 348 g/mol. The minimum Gasteiger partial charge on any atom is -0.475 e. The number of anilines is 2. The number of nitrogens with one attached hydrogen (secondary N) is 1. The molecule has 1 saturated heterocycles. The molecule has 3 heterocycles. The lowest BCUT2D eigenvalue weighted by atomic mass is 9.96. The number of furan rings is 1. The van der Waals surface area contributed by atoms with Crippen molar-refractivity contribution in [1.82, 2.24) is 9.97 Å². The quantitative estimate of drug-likeness (QED) is 0.731. The number of carboxylic acid groups (broad SMARTS) is 1. The summed E-state index contributed by atoms with van der Waals surface area (Å²) >= 11 is 0. The molecule has 0 aliphatic carbocycles. The molecule has 0 atom stereocenters. The molecule has 4 rings (SSSR count). The number of hydrogen-bond donors (Lipinski definition) is 2. The number of aromatic carboxylic acids is 1. The maximum atomic E-state index is 12.6. The number of amides is 1. The average molecular weight is 366 g/mol. The van der Waals surface area contributed by atoms with Crippen LogP contribution in [0.25, 0.3) is 11.0 Å². The third-order valence-electron chi connectivity index (χ3n) is 4.73. The lowest BCUT2D eigenvalue weighted by Gasteiger charge is -2.31. The number of carboxylic acids is 1. The first-order valence-corrected chi connectivity index (χ1v) is 8.69. The molecule has 8 nitrogen and oxygen atoms in total. The van der Waals surface area contributed by atoms with Crippen LogP contribution in [-0.4, -0.2) is 40.0 Å². The van der Waals surface area contributed by atoms with Gasteiger partial charge in [0.25, 0.3) is 0 Å². The van der Waals surface area contributed by atoms with Crippen LogP contribution < -0.4 is 10.2 Å². The molecule has 2 N–H and O–H groups in total. The highest BCUT2D eigenvalue weighted by Gasteiger charge is 2.25. The average Bonchev–Trinajstić information content (AvgIpc) is 3.12. The number of aromatic nitrogens is 2. The van der Waals surface area contributed by atoms with Gasteiger partial charge in [0, 0.05) is 42.5 Å². The van der Waals surface area contributed by atoms with Crippen LogP contribution in [0.3, 0.4) is 0 Å². The second-order valence-electron chi connectivity index (χ2n) is 6.48. The predicted molar refractivity (Wildman–Crippen MR) is 98.8 cm³/mol. The van der Waals surface area contributed by atoms with Crippen LogP contribution in [0, 0.1) is 5.92 Å². The third kappa shape index (κ3) is 3.59. The first-order chi connectivity index (χ1) is 13.1. The van der Waals surface area contributed by atoms with E-state index in [1.165, 1.54) is 6.07 Å². The van der Waals surface area contributed by atoms with Crippen LogP contribution >= 0.6 is 0 Å². The predicted octanol–water partition coefficient (Wildman–Crippen LogP) is 2.78. The number of nitrogens with zero attached hydrogens (tertiary/aromatic N) is 3. The second kappa shape index (κ2) is 7.06. The monoisotopic (exact) mass is 366 g/mol. The van der Waals surface area contributed by atoms with E-state index in [-0.39, 0.29) is 17.6 Å². The van der Waals surface area contributed by atoms with Gasteiger partial charge in [-0.2, -0.15) is 0 Å². The molecule has 0 saturated carbocycles. The van der Waals surface area contributed by atoms with Crippen LogP contribution in [0.5, 0.6) is 0 Å². The van der Waals surface area contributed by atoms with Gasteiger partial charge in [0.2, 0.25) is 11.7 Å². The van der Waals surface area contributed by atoms with E-state index in [0.29, 0.717) is 16.7 Å². The molecule has 1 fully saturated rings. The lowest BCUT2D eigenvalue weighted by molar-refractivity contribution is -0.120. The molecule has 138 valence electrons. The molecule has 0 bridgehead atoms. The van der Waals surface area contributed by atoms with Gasteiger partial charge < -0.3 is 19.7 Å². The summed E-state index contributed by atoms with van der Waals surface area (Å²) in [6.45, 7) is 1.50. The Morgan fingerprint density at radius 3 is 2.70 bits per heavy atom. The maximum Gasteiger partial charge on any atom is 0.371 e. The van der Waals surface area contributed by atoms with Gasteiger partial charge in [-0.15, -0.1) is 0 Å². The van der Waals surface area contributed by atoms with Gasteiger partial charge in [0.05, 0.1) is 6.20 Å². The van der Waals surface area contributed by atoms with Crippen molar-refractivity contribution in [2.24, 2.45) is 5.92 Å². The fraction of sp³-hybridized carbons (Fsp3) is 0.263. The largest absolute Gasteiger partial charge is 0.475 e. The first kappa shape index (κ1) is 17.0. The number of hydrogen-bond acceptors (Lipinski definition) is 6. The summed E-state index contributed by atoms with van der Waals surface area (Å²) in [5, 5.41) is 12.6. The van der Waals surface area contributed by atoms with E-state index in [9.17, 15) is 9.59 Å². The molecule has 0 radical (unpaired) electrons. The van der Waals surface area contributed by atoms with Gasteiger partial charge in [-0.3, -0.25) is 9.78 Å². The normalized spacial score (nSPS) is 15.0. The Bertz CT molecular complexity index is 978. The van der Waals surface area contributed by atoms with E-state index in [1.54, 1.807) is 36.8 Å². The number of piperidine rings is 1. The molecule has 2 aromatic heterocycles. The Labute approximate surface area is 154 Å². The van der Waals surface area contributed by atoms with E-state index in [2.05, 4.69) is 20.2 Å². The topological polar surface area (TPSA) is 109 Å². The zero-order chi connectivity index (χ0) is 18.8. The summed E-state index contributed by atoms with van der Waals surface area (Å²) in [7, 11) is 0. The van der Waals surface area contributed by atoms with Crippen molar-refractivity contribution in [1.29, 1.82) is 0 Å². The zero-order valence-electron chi connectivity index (χ0n) is 14.5. The highest BCUT2D eigenvalue weighted by Crippen LogP contribution is 2.25. The number of carbonyl (C=O) groups is 2. The smallest absolute Gasteiger partial charge is 0.371 e. The van der Waals surface area contributed by atoms with Crippen molar-refractivity contribution in [3.8, 4) is 0 Å². The van der Waals surface area contributed by atoms with Crippen molar-refractivity contribution in [2.75, 3.05) is 23.3 Å². The molecule has 0 spiro atoms. The van der Waals surface area contributed by atoms with E-state index >= 15 is 0 Å². The molecular formula is C19H18N4O4. The summed E-state index contributed by atoms with van der Waals surface area (Å²) in [6.07, 6.45) is 6.50. The number of fused-ring (bicyclic) bond motifs is 1. The van der Waals surface area contributed by atoms with Gasteiger partial charge >= 0.3 is 5.97 Å². The summed E-state index contributed by atoms with van der Waals surface area (Å²) in [4.78, 5) is 34.1. The van der Waals surface area contributed by atoms with Gasteiger partial charge in [0.15, 0.2) is 0 Å². The molecule has 8 heteroatoms. The molecule has 27 heavy (non-hydrogen) atoms. The van der Waals surface area contributed by atoms with Gasteiger partial charge in [-0.25, -0.2) is 9.78 Å². The Balaban J connectivity index is 1.39. The minimum atomic E-state index is -1.12.